The van der Waals surface area contributed by atoms with E-state index in [-0.39, 0.29) is 11.6 Å². The number of benzene rings is 1. The monoisotopic (exact) mass is 407 g/mol. The lowest BCUT2D eigenvalue weighted by atomic mass is 9.85. The number of nitro benzene ring substituents is 1. The van der Waals surface area contributed by atoms with E-state index in [4.69, 9.17) is 14.6 Å². The van der Waals surface area contributed by atoms with Crippen LogP contribution < -0.4 is 4.74 Å². The zero-order chi connectivity index (χ0) is 21.1. The Morgan fingerprint density at radius 2 is 1.66 bits per heavy atom. The van der Waals surface area contributed by atoms with Crippen LogP contribution in [0.5, 0.6) is 5.75 Å². The summed E-state index contributed by atoms with van der Waals surface area (Å²) >= 11 is 0. The van der Waals surface area contributed by atoms with E-state index in [0.29, 0.717) is 11.3 Å². The zero-order valence-corrected chi connectivity index (χ0v) is 17.3. The summed E-state index contributed by atoms with van der Waals surface area (Å²) < 4.78 is 11.3. The Morgan fingerprint density at radius 1 is 1.10 bits per heavy atom. The molecule has 1 saturated carbocycles. The number of non-ortho nitro benzene ring substituents is 1. The number of carboxylic acids is 1. The molecule has 29 heavy (non-hydrogen) atoms. The average Bonchev–Trinajstić information content (AvgIpc) is 2.69. The van der Waals surface area contributed by atoms with Gasteiger partial charge in [0.15, 0.2) is 0 Å². The molecule has 0 amide bonds. The fourth-order valence-electron chi connectivity index (χ4n) is 4.20. The van der Waals surface area contributed by atoms with Crippen molar-refractivity contribution >= 4 is 11.7 Å². The van der Waals surface area contributed by atoms with Gasteiger partial charge in [0.1, 0.15) is 12.4 Å². The van der Waals surface area contributed by atoms with Crippen molar-refractivity contribution in [2.45, 2.75) is 76.7 Å². The van der Waals surface area contributed by atoms with Crippen molar-refractivity contribution in [3.05, 3.63) is 33.9 Å². The van der Waals surface area contributed by atoms with E-state index in [1.165, 1.54) is 51.3 Å². The van der Waals surface area contributed by atoms with Crippen LogP contribution in [-0.2, 0) is 9.53 Å². The summed E-state index contributed by atoms with van der Waals surface area (Å²) in [5, 5.41) is 20.5. The summed E-state index contributed by atoms with van der Waals surface area (Å²) in [6.45, 7) is -0.437. The number of hydrogen-bond donors (Lipinski definition) is 1. The third-order valence-electron chi connectivity index (χ3n) is 5.69. The number of nitro groups is 1. The molecule has 0 aliphatic heterocycles. The summed E-state index contributed by atoms with van der Waals surface area (Å²) in [7, 11) is 1.51. The van der Waals surface area contributed by atoms with Gasteiger partial charge in [-0.2, -0.15) is 0 Å². The highest BCUT2D eigenvalue weighted by Crippen LogP contribution is 2.40. The molecule has 1 N–H and O–H groups in total. The highest BCUT2D eigenvalue weighted by molar-refractivity contribution is 5.68. The first-order valence-corrected chi connectivity index (χ1v) is 10.7. The third-order valence-corrected chi connectivity index (χ3v) is 5.69. The average molecular weight is 408 g/mol. The molecule has 0 spiro atoms. The van der Waals surface area contributed by atoms with E-state index in [2.05, 4.69) is 0 Å². The van der Waals surface area contributed by atoms with Crippen molar-refractivity contribution in [1.29, 1.82) is 0 Å². The highest BCUT2D eigenvalue weighted by Gasteiger charge is 2.29. The van der Waals surface area contributed by atoms with E-state index in [1.54, 1.807) is 6.07 Å². The quantitative estimate of drug-likeness (QED) is 0.462. The fraction of sp³-hybridized carbons (Fsp3) is 0.682. The molecule has 0 bridgehead atoms. The lowest BCUT2D eigenvalue weighted by molar-refractivity contribution is -0.385. The lowest BCUT2D eigenvalue weighted by Crippen LogP contribution is -2.21. The van der Waals surface area contributed by atoms with Crippen molar-refractivity contribution in [3.8, 4) is 5.75 Å². The molecule has 1 atom stereocenters. The number of rotatable bonds is 7. The molecule has 1 aliphatic rings. The van der Waals surface area contributed by atoms with Gasteiger partial charge >= 0.3 is 5.97 Å². The molecule has 2 rings (SSSR count). The van der Waals surface area contributed by atoms with Crippen LogP contribution in [0, 0.1) is 16.0 Å². The van der Waals surface area contributed by atoms with Crippen LogP contribution in [0.3, 0.4) is 0 Å². The number of carboxylic acid groups (broad SMARTS) is 1. The van der Waals surface area contributed by atoms with Crippen LogP contribution in [0.15, 0.2) is 18.2 Å². The summed E-state index contributed by atoms with van der Waals surface area (Å²) in [6, 6.07) is 4.44. The van der Waals surface area contributed by atoms with Gasteiger partial charge in [-0.05, 0) is 24.8 Å². The van der Waals surface area contributed by atoms with Crippen LogP contribution in [-0.4, -0.2) is 29.7 Å². The Labute approximate surface area is 172 Å². The molecule has 1 aromatic rings. The van der Waals surface area contributed by atoms with E-state index in [0.717, 1.165) is 38.5 Å². The Bertz CT molecular complexity index is 651. The first-order chi connectivity index (χ1) is 14.0. The van der Waals surface area contributed by atoms with E-state index in [9.17, 15) is 14.9 Å². The van der Waals surface area contributed by atoms with Gasteiger partial charge in [0, 0.05) is 17.7 Å². The van der Waals surface area contributed by atoms with Crippen LogP contribution in [0.2, 0.25) is 0 Å². The van der Waals surface area contributed by atoms with Crippen molar-refractivity contribution in [3.63, 3.8) is 0 Å². The Morgan fingerprint density at radius 3 is 2.14 bits per heavy atom. The van der Waals surface area contributed by atoms with Crippen LogP contribution in [0.4, 0.5) is 5.69 Å². The first kappa shape index (κ1) is 23.1. The molecule has 1 unspecified atom stereocenters. The Hall–Kier alpha value is -2.15. The van der Waals surface area contributed by atoms with E-state index in [1.807, 2.05) is 0 Å². The highest BCUT2D eigenvalue weighted by atomic mass is 16.6. The number of hydrogen-bond acceptors (Lipinski definition) is 5. The minimum atomic E-state index is -1.05. The van der Waals surface area contributed by atoms with Gasteiger partial charge in [0.2, 0.25) is 0 Å². The molecule has 7 heteroatoms. The van der Waals surface area contributed by atoms with Crippen LogP contribution in [0.1, 0.15) is 82.3 Å². The fourth-order valence-corrected chi connectivity index (χ4v) is 4.20. The number of ether oxygens (including phenoxy) is 2. The van der Waals surface area contributed by atoms with Gasteiger partial charge in [-0.3, -0.25) is 10.1 Å². The minimum absolute atomic E-state index is 0.0436. The van der Waals surface area contributed by atoms with Gasteiger partial charge in [0.05, 0.1) is 18.1 Å². The van der Waals surface area contributed by atoms with Crippen LogP contribution in [0.25, 0.3) is 0 Å². The number of nitrogens with zero attached hydrogens (tertiary/aromatic N) is 1. The Balaban J connectivity index is 2.31. The molecule has 1 aromatic carbocycles. The topological polar surface area (TPSA) is 98.9 Å². The SMILES string of the molecule is COc1ccc([N+](=O)[O-])cc1C(OCC(=O)O)C1CCCCCCCCCCC1. The van der Waals surface area contributed by atoms with E-state index < -0.39 is 23.6 Å². The summed E-state index contributed by atoms with van der Waals surface area (Å²) in [4.78, 5) is 22.0. The number of carbonyl (C=O) groups is 1. The molecular formula is C22H33NO6. The van der Waals surface area contributed by atoms with Gasteiger partial charge in [-0.25, -0.2) is 4.79 Å². The summed E-state index contributed by atoms with van der Waals surface area (Å²) in [5.74, 6) is -0.450. The molecule has 1 fully saturated rings. The van der Waals surface area contributed by atoms with Gasteiger partial charge in [0.25, 0.3) is 5.69 Å². The van der Waals surface area contributed by atoms with Crippen LogP contribution >= 0.6 is 0 Å². The maximum Gasteiger partial charge on any atom is 0.329 e. The standard InChI is InChI=1S/C22H33NO6/c1-28-20-14-13-18(23(26)27)15-19(20)22(29-16-21(24)25)17-11-9-7-5-3-2-4-6-8-10-12-17/h13-15,17,22H,2-12,16H2,1H3,(H,24,25). The smallest absolute Gasteiger partial charge is 0.329 e. The molecule has 162 valence electrons. The second kappa shape index (κ2) is 12.4. The zero-order valence-electron chi connectivity index (χ0n) is 17.3. The van der Waals surface area contributed by atoms with Gasteiger partial charge in [-0.15, -0.1) is 0 Å². The molecule has 0 radical (unpaired) electrons. The molecule has 1 aliphatic carbocycles. The summed E-state index contributed by atoms with van der Waals surface area (Å²) in [6.07, 6.45) is 12.0. The molecule has 0 aromatic heterocycles. The maximum absolute atomic E-state index is 11.3. The third kappa shape index (κ3) is 7.65. The summed E-state index contributed by atoms with van der Waals surface area (Å²) in [5.41, 5.74) is 0.526. The van der Waals surface area contributed by atoms with Crippen molar-refractivity contribution in [2.24, 2.45) is 5.92 Å². The predicted octanol–water partition coefficient (Wildman–Crippen LogP) is 5.67. The second-order valence-electron chi connectivity index (χ2n) is 7.83. The minimum Gasteiger partial charge on any atom is -0.496 e. The van der Waals surface area contributed by atoms with Gasteiger partial charge < -0.3 is 14.6 Å². The second-order valence-corrected chi connectivity index (χ2v) is 7.83. The maximum atomic E-state index is 11.3. The largest absolute Gasteiger partial charge is 0.496 e. The van der Waals surface area contributed by atoms with Crippen molar-refractivity contribution in [2.75, 3.05) is 13.7 Å². The van der Waals surface area contributed by atoms with Gasteiger partial charge in [-0.1, -0.05) is 57.8 Å². The first-order valence-electron chi connectivity index (χ1n) is 10.7. The molecule has 7 nitrogen and oxygen atoms in total. The van der Waals surface area contributed by atoms with Crippen molar-refractivity contribution in [1.82, 2.24) is 0 Å². The molecule has 0 heterocycles. The normalized spacial score (nSPS) is 18.2. The Kier molecular flexibility index (Phi) is 9.91. The number of methoxy groups -OCH3 is 1. The van der Waals surface area contributed by atoms with E-state index >= 15 is 0 Å². The molecular weight excluding hydrogens is 374 g/mol. The predicted molar refractivity (Wildman–Crippen MR) is 110 cm³/mol. The molecule has 0 saturated heterocycles. The number of aliphatic carboxylic acids is 1. The lowest BCUT2D eigenvalue weighted by Gasteiger charge is -2.29. The van der Waals surface area contributed by atoms with Crippen molar-refractivity contribution < 1.29 is 24.3 Å².